The lowest BCUT2D eigenvalue weighted by atomic mass is 10.1. The van der Waals surface area contributed by atoms with Crippen LogP contribution in [0.4, 0.5) is 0 Å². The van der Waals surface area contributed by atoms with Gasteiger partial charge in [-0.25, -0.2) is 0 Å². The zero-order valence-corrected chi connectivity index (χ0v) is 10.0. The van der Waals surface area contributed by atoms with Crippen LogP contribution in [-0.2, 0) is 0 Å². The molecule has 0 aromatic carbocycles. The van der Waals surface area contributed by atoms with Crippen molar-refractivity contribution in [2.24, 2.45) is 5.92 Å². The van der Waals surface area contributed by atoms with Gasteiger partial charge in [0, 0.05) is 0 Å². The fourth-order valence-corrected chi connectivity index (χ4v) is 2.18. The highest BCUT2D eigenvalue weighted by Crippen LogP contribution is 2.43. The van der Waals surface area contributed by atoms with E-state index in [2.05, 4.69) is 28.2 Å². The van der Waals surface area contributed by atoms with Crippen molar-refractivity contribution in [3.8, 4) is 0 Å². The summed E-state index contributed by atoms with van der Waals surface area (Å²) >= 11 is 3.52. The molecule has 1 aliphatic rings. The zero-order chi connectivity index (χ0) is 9.97. The molecule has 1 atom stereocenters. The van der Waals surface area contributed by atoms with E-state index in [0.29, 0.717) is 6.04 Å². The van der Waals surface area contributed by atoms with Gasteiger partial charge in [-0.15, -0.1) is 0 Å². The van der Waals surface area contributed by atoms with E-state index in [4.69, 9.17) is 4.42 Å². The van der Waals surface area contributed by atoms with Gasteiger partial charge in [-0.05, 0) is 53.7 Å². The van der Waals surface area contributed by atoms with Gasteiger partial charge >= 0.3 is 0 Å². The molecule has 1 aliphatic carbocycles. The quantitative estimate of drug-likeness (QED) is 0.874. The maximum absolute atomic E-state index is 5.52. The average Bonchev–Trinajstić information content (AvgIpc) is 2.92. The van der Waals surface area contributed by atoms with Crippen LogP contribution in [0, 0.1) is 5.92 Å². The van der Waals surface area contributed by atoms with Gasteiger partial charge in [-0.1, -0.05) is 6.92 Å². The van der Waals surface area contributed by atoms with Crippen molar-refractivity contribution in [3.63, 3.8) is 0 Å². The molecule has 1 aromatic heterocycles. The van der Waals surface area contributed by atoms with Crippen LogP contribution < -0.4 is 5.32 Å². The first kappa shape index (κ1) is 10.2. The monoisotopic (exact) mass is 257 g/mol. The molecule has 0 amide bonds. The molecule has 2 nitrogen and oxygen atoms in total. The number of rotatable bonds is 5. The first-order valence-corrected chi connectivity index (χ1v) is 6.08. The lowest BCUT2D eigenvalue weighted by Crippen LogP contribution is -2.23. The predicted molar refractivity (Wildman–Crippen MR) is 60.2 cm³/mol. The van der Waals surface area contributed by atoms with Gasteiger partial charge in [0.15, 0.2) is 0 Å². The summed E-state index contributed by atoms with van der Waals surface area (Å²) in [5.74, 6) is 1.85. The van der Waals surface area contributed by atoms with E-state index in [-0.39, 0.29) is 0 Å². The first-order chi connectivity index (χ1) is 6.83. The molecule has 3 heteroatoms. The zero-order valence-electron chi connectivity index (χ0n) is 8.42. The second kappa shape index (κ2) is 4.49. The molecule has 0 aliphatic heterocycles. The fourth-order valence-electron chi connectivity index (χ4n) is 1.73. The Hall–Kier alpha value is -0.280. The molecule has 1 heterocycles. The highest BCUT2D eigenvalue weighted by molar-refractivity contribution is 9.10. The van der Waals surface area contributed by atoms with Crippen molar-refractivity contribution >= 4 is 15.9 Å². The van der Waals surface area contributed by atoms with Crippen molar-refractivity contribution in [1.29, 1.82) is 0 Å². The van der Waals surface area contributed by atoms with Crippen LogP contribution in [0.15, 0.2) is 21.2 Å². The van der Waals surface area contributed by atoms with E-state index in [9.17, 15) is 0 Å². The van der Waals surface area contributed by atoms with E-state index in [1.165, 1.54) is 19.3 Å². The molecule has 2 rings (SSSR count). The lowest BCUT2D eigenvalue weighted by Gasteiger charge is -2.15. The maximum Gasteiger partial charge on any atom is 0.135 e. The summed E-state index contributed by atoms with van der Waals surface area (Å²) in [6, 6.07) is 2.39. The molecular formula is C11H16BrNO. The molecule has 14 heavy (non-hydrogen) atoms. The molecule has 1 N–H and O–H groups in total. The Kier molecular flexibility index (Phi) is 3.29. The molecule has 1 aromatic rings. The minimum absolute atomic E-state index is 0.416. The second-order valence-corrected chi connectivity index (χ2v) is 4.76. The normalized spacial score (nSPS) is 18.4. The summed E-state index contributed by atoms with van der Waals surface area (Å²) in [5, 5.41) is 3.55. The molecule has 0 radical (unpaired) electrons. The number of nitrogens with one attached hydrogen (secondary N) is 1. The minimum Gasteiger partial charge on any atom is -0.466 e. The molecule has 1 fully saturated rings. The Morgan fingerprint density at radius 1 is 1.64 bits per heavy atom. The van der Waals surface area contributed by atoms with E-state index in [1.807, 2.05) is 6.07 Å². The molecule has 0 spiro atoms. The molecule has 78 valence electrons. The molecule has 1 saturated carbocycles. The third kappa shape index (κ3) is 2.20. The van der Waals surface area contributed by atoms with Crippen LogP contribution >= 0.6 is 15.9 Å². The minimum atomic E-state index is 0.416. The number of hydrogen-bond acceptors (Lipinski definition) is 2. The number of hydrogen-bond donors (Lipinski definition) is 1. The van der Waals surface area contributed by atoms with Gasteiger partial charge in [-0.2, -0.15) is 0 Å². The topological polar surface area (TPSA) is 25.2 Å². The van der Waals surface area contributed by atoms with Gasteiger partial charge in [-0.3, -0.25) is 0 Å². The molecule has 0 saturated heterocycles. The SMILES string of the molecule is CCCNC(c1occc1Br)C1CC1. The molecular weight excluding hydrogens is 242 g/mol. The summed E-state index contributed by atoms with van der Waals surface area (Å²) < 4.78 is 6.61. The maximum atomic E-state index is 5.52. The van der Waals surface area contributed by atoms with Gasteiger partial charge in [0.25, 0.3) is 0 Å². The third-order valence-electron chi connectivity index (χ3n) is 2.63. The largest absolute Gasteiger partial charge is 0.466 e. The molecule has 1 unspecified atom stereocenters. The summed E-state index contributed by atoms with van der Waals surface area (Å²) in [6.45, 7) is 3.25. The Morgan fingerprint density at radius 2 is 2.43 bits per heavy atom. The Balaban J connectivity index is 2.06. The summed E-state index contributed by atoms with van der Waals surface area (Å²) in [5.41, 5.74) is 0. The number of furan rings is 1. The summed E-state index contributed by atoms with van der Waals surface area (Å²) in [6.07, 6.45) is 5.58. The van der Waals surface area contributed by atoms with Crippen LogP contribution in [0.5, 0.6) is 0 Å². The third-order valence-corrected chi connectivity index (χ3v) is 3.29. The smallest absolute Gasteiger partial charge is 0.135 e. The van der Waals surface area contributed by atoms with Crippen LogP contribution in [0.1, 0.15) is 38.0 Å². The molecule has 0 bridgehead atoms. The van der Waals surface area contributed by atoms with Crippen LogP contribution in [0.3, 0.4) is 0 Å². The van der Waals surface area contributed by atoms with Gasteiger partial charge < -0.3 is 9.73 Å². The fraction of sp³-hybridized carbons (Fsp3) is 0.636. The lowest BCUT2D eigenvalue weighted by molar-refractivity contribution is 0.381. The van der Waals surface area contributed by atoms with E-state index in [0.717, 1.165) is 22.7 Å². The van der Waals surface area contributed by atoms with Gasteiger partial charge in [0.2, 0.25) is 0 Å². The van der Waals surface area contributed by atoms with Crippen LogP contribution in [0.2, 0.25) is 0 Å². The highest BCUT2D eigenvalue weighted by atomic mass is 79.9. The standard InChI is InChI=1S/C11H16BrNO/c1-2-6-13-10(8-3-4-8)11-9(12)5-7-14-11/h5,7-8,10,13H,2-4,6H2,1H3. The van der Waals surface area contributed by atoms with Crippen LogP contribution in [0.25, 0.3) is 0 Å². The highest BCUT2D eigenvalue weighted by Gasteiger charge is 2.34. The average molecular weight is 258 g/mol. The summed E-state index contributed by atoms with van der Waals surface area (Å²) in [7, 11) is 0. The van der Waals surface area contributed by atoms with Gasteiger partial charge in [0.1, 0.15) is 5.76 Å². The summed E-state index contributed by atoms with van der Waals surface area (Å²) in [4.78, 5) is 0. The van der Waals surface area contributed by atoms with E-state index in [1.54, 1.807) is 6.26 Å². The van der Waals surface area contributed by atoms with Crippen molar-refractivity contribution in [2.75, 3.05) is 6.54 Å². The van der Waals surface area contributed by atoms with E-state index < -0.39 is 0 Å². The van der Waals surface area contributed by atoms with E-state index >= 15 is 0 Å². The predicted octanol–water partition coefficient (Wildman–Crippen LogP) is 3.49. The Labute approximate surface area is 93.2 Å². The van der Waals surface area contributed by atoms with Gasteiger partial charge in [0.05, 0.1) is 16.8 Å². The van der Waals surface area contributed by atoms with Crippen molar-refractivity contribution in [2.45, 2.75) is 32.2 Å². The van der Waals surface area contributed by atoms with Crippen molar-refractivity contribution in [1.82, 2.24) is 5.32 Å². The van der Waals surface area contributed by atoms with Crippen molar-refractivity contribution < 1.29 is 4.42 Å². The Morgan fingerprint density at radius 3 is 2.93 bits per heavy atom. The Bertz CT molecular complexity index is 293. The number of halogens is 1. The second-order valence-electron chi connectivity index (χ2n) is 3.90. The van der Waals surface area contributed by atoms with Crippen LogP contribution in [-0.4, -0.2) is 6.54 Å². The first-order valence-electron chi connectivity index (χ1n) is 5.29. The van der Waals surface area contributed by atoms with Crippen molar-refractivity contribution in [3.05, 3.63) is 22.6 Å².